The van der Waals surface area contributed by atoms with Gasteiger partial charge in [0.15, 0.2) is 5.69 Å². The van der Waals surface area contributed by atoms with Gasteiger partial charge in [-0.05, 0) is 47.4 Å². The summed E-state index contributed by atoms with van der Waals surface area (Å²) in [6.07, 6.45) is 11.9. The Morgan fingerprint density at radius 2 is 1.72 bits per heavy atom. The molecule has 3 aromatic carbocycles. The number of ether oxygens (including phenoxy) is 1. The van der Waals surface area contributed by atoms with Gasteiger partial charge in [0.1, 0.15) is 6.33 Å². The highest BCUT2D eigenvalue weighted by Gasteiger charge is 2.35. The molecule has 2 saturated heterocycles. The summed E-state index contributed by atoms with van der Waals surface area (Å²) in [7, 11) is 0. The average Bonchev–Trinajstić information content (AvgIpc) is 3.88. The van der Waals surface area contributed by atoms with E-state index in [9.17, 15) is 4.79 Å². The molecule has 0 radical (unpaired) electrons. The number of anilines is 1. The molecule has 1 aliphatic carbocycles. The van der Waals surface area contributed by atoms with Gasteiger partial charge in [0, 0.05) is 68.2 Å². The van der Waals surface area contributed by atoms with E-state index in [1.165, 1.54) is 5.56 Å². The summed E-state index contributed by atoms with van der Waals surface area (Å²) in [6.45, 7) is 6.18. The van der Waals surface area contributed by atoms with Crippen LogP contribution in [0.2, 0.25) is 0 Å². The van der Waals surface area contributed by atoms with Crippen molar-refractivity contribution in [3.8, 4) is 17.1 Å². The van der Waals surface area contributed by atoms with Crippen molar-refractivity contribution in [1.82, 2.24) is 40.0 Å². The maximum atomic E-state index is 14.8. The molecular formula is C39H41N9O2. The minimum Gasteiger partial charge on any atom is -0.378 e. The van der Waals surface area contributed by atoms with Crippen LogP contribution in [0.4, 0.5) is 5.69 Å². The average molecular weight is 668 g/mol. The molecule has 0 bridgehead atoms. The van der Waals surface area contributed by atoms with E-state index in [4.69, 9.17) is 9.72 Å². The Hall–Kier alpha value is -5.39. The van der Waals surface area contributed by atoms with Gasteiger partial charge in [0.2, 0.25) is 5.82 Å². The van der Waals surface area contributed by atoms with Crippen LogP contribution in [0.1, 0.15) is 39.6 Å². The number of amides is 1. The molecule has 2 aromatic heterocycles. The molecule has 0 saturated carbocycles. The van der Waals surface area contributed by atoms with Crippen LogP contribution in [0.5, 0.6) is 0 Å². The van der Waals surface area contributed by atoms with Gasteiger partial charge in [-0.25, -0.2) is 4.98 Å². The standard InChI is InChI=1S/C39H41N9O2/c49-39(36-37(31-10-5-2-6-11-31)48(28-40-36)34-13-7-12-33(25-34)46-20-22-50-23-21-46)47-19-18-45(26-30-8-3-1-4-9-30)27-35(47)24-29-14-16-32(17-15-29)38-41-43-44-42-38/h1-10,12-17,25,28,31,35H,11,18-24,26-27H2,(H,41,42,43,44)/t31?,35-/m1/s1. The Labute approximate surface area is 291 Å². The first-order valence-electron chi connectivity index (χ1n) is 17.4. The number of piperazine rings is 1. The third-order valence-corrected chi connectivity index (χ3v) is 9.93. The number of carbonyl (C=O) groups is 1. The van der Waals surface area contributed by atoms with Crippen molar-refractivity contribution in [1.29, 1.82) is 0 Å². The number of rotatable bonds is 9. The number of nitrogens with zero attached hydrogens (tertiary/aromatic N) is 8. The quantitative estimate of drug-likeness (QED) is 0.233. The number of H-pyrrole nitrogens is 1. The number of morpholine rings is 1. The van der Waals surface area contributed by atoms with E-state index in [1.807, 2.05) is 24.5 Å². The topological polar surface area (TPSA) is 108 Å². The van der Waals surface area contributed by atoms with E-state index < -0.39 is 0 Å². The van der Waals surface area contributed by atoms with Gasteiger partial charge in [0.05, 0.1) is 18.9 Å². The molecule has 11 heteroatoms. The minimum absolute atomic E-state index is 0.0150. The predicted molar refractivity (Wildman–Crippen MR) is 192 cm³/mol. The number of allylic oxidation sites excluding steroid dienone is 4. The molecule has 1 amide bonds. The van der Waals surface area contributed by atoms with Gasteiger partial charge in [-0.1, -0.05) is 85.0 Å². The molecule has 4 heterocycles. The van der Waals surface area contributed by atoms with Gasteiger partial charge in [-0.3, -0.25) is 9.69 Å². The molecule has 2 atom stereocenters. The molecular weight excluding hydrogens is 626 g/mol. The molecule has 8 rings (SSSR count). The predicted octanol–water partition coefficient (Wildman–Crippen LogP) is 5.06. The number of aromatic nitrogens is 6. The van der Waals surface area contributed by atoms with Crippen molar-refractivity contribution in [2.75, 3.05) is 50.8 Å². The number of carbonyl (C=O) groups excluding carboxylic acids is 1. The van der Waals surface area contributed by atoms with Crippen LogP contribution in [0.15, 0.2) is 109 Å². The number of imidazole rings is 1. The monoisotopic (exact) mass is 667 g/mol. The SMILES string of the molecule is O=C(c1ncn(-c2cccc(N3CCOCC3)c2)c1C1C=CC=CC1)N1CCN(Cc2ccccc2)C[C@H]1Cc1ccc(-c2nn[nH]n2)cc1. The van der Waals surface area contributed by atoms with Gasteiger partial charge < -0.3 is 19.1 Å². The first kappa shape index (κ1) is 31.9. The molecule has 50 heavy (non-hydrogen) atoms. The van der Waals surface area contributed by atoms with E-state index in [0.717, 1.165) is 80.6 Å². The lowest BCUT2D eigenvalue weighted by Gasteiger charge is -2.41. The largest absolute Gasteiger partial charge is 0.378 e. The van der Waals surface area contributed by atoms with E-state index in [0.29, 0.717) is 24.5 Å². The summed E-state index contributed by atoms with van der Waals surface area (Å²) in [5.74, 6) is 0.577. The summed E-state index contributed by atoms with van der Waals surface area (Å²) in [5, 5.41) is 14.5. The second-order valence-electron chi connectivity index (χ2n) is 13.1. The summed E-state index contributed by atoms with van der Waals surface area (Å²) in [5.41, 5.74) is 6.93. The number of benzene rings is 3. The number of aromatic amines is 1. The third-order valence-electron chi connectivity index (χ3n) is 9.93. The van der Waals surface area contributed by atoms with Crippen molar-refractivity contribution in [3.63, 3.8) is 0 Å². The van der Waals surface area contributed by atoms with Crippen LogP contribution >= 0.6 is 0 Å². The maximum absolute atomic E-state index is 14.8. The molecule has 11 nitrogen and oxygen atoms in total. The Morgan fingerprint density at radius 3 is 2.50 bits per heavy atom. The lowest BCUT2D eigenvalue weighted by Crippen LogP contribution is -2.55. The van der Waals surface area contributed by atoms with Gasteiger partial charge in [0.25, 0.3) is 5.91 Å². The van der Waals surface area contributed by atoms with Gasteiger partial charge in [-0.2, -0.15) is 5.21 Å². The molecule has 1 N–H and O–H groups in total. The molecule has 5 aromatic rings. The fourth-order valence-corrected chi connectivity index (χ4v) is 7.36. The Bertz CT molecular complexity index is 1950. The van der Waals surface area contributed by atoms with Crippen molar-refractivity contribution >= 4 is 11.6 Å². The van der Waals surface area contributed by atoms with Crippen molar-refractivity contribution in [2.24, 2.45) is 0 Å². The second kappa shape index (κ2) is 14.6. The number of nitrogens with one attached hydrogen (secondary N) is 1. The van der Waals surface area contributed by atoms with E-state index in [1.54, 1.807) is 0 Å². The Kier molecular flexibility index (Phi) is 9.31. The number of tetrazole rings is 1. The number of hydrogen-bond donors (Lipinski definition) is 1. The maximum Gasteiger partial charge on any atom is 0.274 e. The highest BCUT2D eigenvalue weighted by molar-refractivity contribution is 5.94. The zero-order chi connectivity index (χ0) is 33.7. The van der Waals surface area contributed by atoms with Gasteiger partial charge in [-0.15, -0.1) is 10.2 Å². The summed E-state index contributed by atoms with van der Waals surface area (Å²) in [6, 6.07) is 27.3. The smallest absolute Gasteiger partial charge is 0.274 e. The lowest BCUT2D eigenvalue weighted by atomic mass is 9.94. The molecule has 0 spiro atoms. The fraction of sp³-hybridized carbons (Fsp3) is 0.308. The van der Waals surface area contributed by atoms with Crippen molar-refractivity contribution in [3.05, 3.63) is 132 Å². The van der Waals surface area contributed by atoms with Crippen molar-refractivity contribution < 1.29 is 9.53 Å². The van der Waals surface area contributed by atoms with E-state index >= 15 is 0 Å². The lowest BCUT2D eigenvalue weighted by molar-refractivity contribution is 0.0432. The summed E-state index contributed by atoms with van der Waals surface area (Å²) in [4.78, 5) is 26.6. The molecule has 2 aliphatic heterocycles. The summed E-state index contributed by atoms with van der Waals surface area (Å²) < 4.78 is 7.73. The van der Waals surface area contributed by atoms with Crippen LogP contribution in [0, 0.1) is 0 Å². The second-order valence-corrected chi connectivity index (χ2v) is 13.1. The van der Waals surface area contributed by atoms with Crippen LogP contribution in [-0.4, -0.2) is 97.9 Å². The Morgan fingerprint density at radius 1 is 0.880 bits per heavy atom. The fourth-order valence-electron chi connectivity index (χ4n) is 7.36. The van der Waals surface area contributed by atoms with Crippen LogP contribution in [0.25, 0.3) is 17.1 Å². The van der Waals surface area contributed by atoms with Crippen LogP contribution < -0.4 is 4.90 Å². The van der Waals surface area contributed by atoms with Crippen LogP contribution in [0.3, 0.4) is 0 Å². The Balaban J connectivity index is 1.11. The third kappa shape index (κ3) is 6.87. The summed E-state index contributed by atoms with van der Waals surface area (Å²) >= 11 is 0. The highest BCUT2D eigenvalue weighted by atomic mass is 16.5. The van der Waals surface area contributed by atoms with E-state index in [-0.39, 0.29) is 17.9 Å². The number of hydrogen-bond acceptors (Lipinski definition) is 8. The minimum atomic E-state index is -0.0413. The first-order valence-corrected chi connectivity index (χ1v) is 17.4. The van der Waals surface area contributed by atoms with Crippen LogP contribution in [-0.2, 0) is 17.7 Å². The van der Waals surface area contributed by atoms with Crippen molar-refractivity contribution in [2.45, 2.75) is 31.3 Å². The zero-order valence-corrected chi connectivity index (χ0v) is 28.0. The molecule has 3 aliphatic rings. The van der Waals surface area contributed by atoms with Gasteiger partial charge >= 0.3 is 0 Å². The highest BCUT2D eigenvalue weighted by Crippen LogP contribution is 2.32. The molecule has 2 fully saturated rings. The first-order chi connectivity index (χ1) is 24.7. The zero-order valence-electron chi connectivity index (χ0n) is 28.0. The van der Waals surface area contributed by atoms with E-state index in [2.05, 4.69) is 125 Å². The molecule has 254 valence electrons. The molecule has 1 unspecified atom stereocenters. The normalized spacial score (nSPS) is 19.6.